The molecule has 1 aromatic carbocycles. The molecule has 0 radical (unpaired) electrons. The number of fused-ring (bicyclic) bond motifs is 1. The molecule has 0 aliphatic carbocycles. The minimum Gasteiger partial charge on any atom is -0.439 e. The van der Waals surface area contributed by atoms with Crippen molar-refractivity contribution < 1.29 is 14.3 Å². The molecule has 138 valence electrons. The van der Waals surface area contributed by atoms with Gasteiger partial charge >= 0.3 is 6.09 Å². The summed E-state index contributed by atoms with van der Waals surface area (Å²) in [7, 11) is 3.77. The van der Waals surface area contributed by atoms with Crippen molar-refractivity contribution in [2.24, 2.45) is 7.05 Å². The molecule has 0 bridgehead atoms. The molecule has 4 rings (SSSR count). The Balaban J connectivity index is 1.42. The molecule has 0 saturated carbocycles. The molecule has 2 aliphatic rings. The van der Waals surface area contributed by atoms with Crippen molar-refractivity contribution in [1.29, 1.82) is 0 Å². The molecule has 2 fully saturated rings. The Kier molecular flexibility index (Phi) is 4.34. The molecule has 0 N–H and O–H groups in total. The number of hydrogen-bond acceptors (Lipinski definition) is 4. The maximum absolute atomic E-state index is 12.8. The number of benzene rings is 1. The fourth-order valence-electron chi connectivity index (χ4n) is 3.97. The summed E-state index contributed by atoms with van der Waals surface area (Å²) in [4.78, 5) is 29.1. The highest BCUT2D eigenvalue weighted by Crippen LogP contribution is 2.33. The molecule has 2 aliphatic heterocycles. The van der Waals surface area contributed by atoms with Crippen molar-refractivity contribution in [3.8, 4) is 0 Å². The minimum absolute atomic E-state index is 0.104. The van der Waals surface area contributed by atoms with Crippen LogP contribution in [0.2, 0.25) is 0 Å². The van der Waals surface area contributed by atoms with E-state index in [4.69, 9.17) is 4.74 Å². The zero-order chi connectivity index (χ0) is 18.3. The zero-order valence-electron chi connectivity index (χ0n) is 15.1. The first kappa shape index (κ1) is 17.3. The molecular formula is C19H23N3O3S. The van der Waals surface area contributed by atoms with E-state index in [1.54, 1.807) is 23.7 Å². The van der Waals surface area contributed by atoms with Crippen molar-refractivity contribution >= 4 is 34.7 Å². The normalized spacial score (nSPS) is 23.1. The molecule has 1 spiro atoms. The molecule has 0 unspecified atom stereocenters. The lowest BCUT2D eigenvalue weighted by atomic mass is 9.93. The van der Waals surface area contributed by atoms with Crippen LogP contribution in [-0.2, 0) is 16.6 Å². The Hall–Kier alpha value is -2.15. The van der Waals surface area contributed by atoms with E-state index >= 15 is 0 Å². The van der Waals surface area contributed by atoms with Crippen LogP contribution in [0.1, 0.15) is 12.8 Å². The maximum atomic E-state index is 12.8. The van der Waals surface area contributed by atoms with Gasteiger partial charge in [0.2, 0.25) is 5.91 Å². The second-order valence-corrected chi connectivity index (χ2v) is 8.25. The molecule has 1 atom stereocenters. The lowest BCUT2D eigenvalue weighted by molar-refractivity contribution is -0.133. The molecule has 1 aromatic heterocycles. The predicted octanol–water partition coefficient (Wildman–Crippen LogP) is 2.71. The van der Waals surface area contributed by atoms with E-state index in [-0.39, 0.29) is 12.0 Å². The average Bonchev–Trinajstić information content (AvgIpc) is 3.09. The molecule has 3 heterocycles. The monoisotopic (exact) mass is 373 g/mol. The Morgan fingerprint density at radius 3 is 2.85 bits per heavy atom. The number of hydrogen-bond donors (Lipinski definition) is 0. The Morgan fingerprint density at radius 2 is 2.08 bits per heavy atom. The van der Waals surface area contributed by atoms with Gasteiger partial charge in [0.05, 0.1) is 18.8 Å². The number of piperidine rings is 1. The molecular weight excluding hydrogens is 350 g/mol. The molecule has 2 amide bonds. The highest BCUT2D eigenvalue weighted by atomic mass is 32.2. The molecule has 2 saturated heterocycles. The van der Waals surface area contributed by atoms with E-state index < -0.39 is 5.60 Å². The van der Waals surface area contributed by atoms with Gasteiger partial charge in [-0.3, -0.25) is 4.79 Å². The third-order valence-corrected chi connectivity index (χ3v) is 6.27. The van der Waals surface area contributed by atoms with E-state index in [0.29, 0.717) is 18.8 Å². The number of nitrogens with zero attached hydrogens (tertiary/aromatic N) is 3. The SMILES string of the molecule is CN1C[C@]2(CCCN(C(=O)CSc3cn(C)c4ccccc34)C2)OC1=O. The summed E-state index contributed by atoms with van der Waals surface area (Å²) in [5, 5.41) is 1.18. The van der Waals surface area contributed by atoms with Gasteiger partial charge in [0.15, 0.2) is 0 Å². The van der Waals surface area contributed by atoms with Crippen LogP contribution in [0, 0.1) is 0 Å². The second kappa shape index (κ2) is 6.54. The predicted molar refractivity (Wildman–Crippen MR) is 101 cm³/mol. The maximum Gasteiger partial charge on any atom is 0.410 e. The van der Waals surface area contributed by atoms with E-state index in [9.17, 15) is 9.59 Å². The third kappa shape index (κ3) is 3.05. The molecule has 26 heavy (non-hydrogen) atoms. The number of carbonyl (C=O) groups excluding carboxylic acids is 2. The van der Waals surface area contributed by atoms with E-state index in [1.165, 1.54) is 10.9 Å². The fourth-order valence-corrected chi connectivity index (χ4v) is 4.99. The van der Waals surface area contributed by atoms with Gasteiger partial charge < -0.3 is 19.1 Å². The van der Waals surface area contributed by atoms with Crippen molar-refractivity contribution in [3.05, 3.63) is 30.5 Å². The lowest BCUT2D eigenvalue weighted by Crippen LogP contribution is -2.52. The number of likely N-dealkylation sites (tertiary alicyclic amines) is 1. The van der Waals surface area contributed by atoms with E-state index in [1.807, 2.05) is 24.1 Å². The number of ether oxygens (including phenoxy) is 1. The highest BCUT2D eigenvalue weighted by molar-refractivity contribution is 8.00. The topological polar surface area (TPSA) is 54.8 Å². The van der Waals surface area contributed by atoms with Crippen molar-refractivity contribution in [1.82, 2.24) is 14.4 Å². The summed E-state index contributed by atoms with van der Waals surface area (Å²) in [5.41, 5.74) is 0.643. The number of amides is 2. The van der Waals surface area contributed by atoms with Crippen molar-refractivity contribution in [3.63, 3.8) is 0 Å². The van der Waals surface area contributed by atoms with E-state index in [0.717, 1.165) is 24.3 Å². The van der Waals surface area contributed by atoms with Crippen molar-refractivity contribution in [2.45, 2.75) is 23.3 Å². The first-order valence-corrected chi connectivity index (χ1v) is 9.85. The second-order valence-electron chi connectivity index (χ2n) is 7.24. The van der Waals surface area contributed by atoms with Gasteiger partial charge in [0.25, 0.3) is 0 Å². The number of para-hydroxylation sites is 1. The quantitative estimate of drug-likeness (QED) is 0.777. The summed E-state index contributed by atoms with van der Waals surface area (Å²) >= 11 is 1.57. The fraction of sp³-hybridized carbons (Fsp3) is 0.474. The minimum atomic E-state index is -0.524. The number of rotatable bonds is 3. The van der Waals surface area contributed by atoms with Gasteiger partial charge in [-0.15, -0.1) is 11.8 Å². The standard InChI is InChI=1S/C19H23N3O3S/c1-20-10-16(14-6-3-4-7-15(14)20)26-11-17(23)22-9-5-8-19(13-22)12-21(2)18(24)25-19/h3-4,6-7,10H,5,8-9,11-13H2,1-2H3/t19-/m0/s1. The molecule has 2 aromatic rings. The first-order chi connectivity index (χ1) is 12.5. The number of thioether (sulfide) groups is 1. The zero-order valence-corrected chi connectivity index (χ0v) is 15.9. The van der Waals surface area contributed by atoms with E-state index in [2.05, 4.69) is 22.9 Å². The van der Waals surface area contributed by atoms with Crippen LogP contribution in [0.25, 0.3) is 10.9 Å². The van der Waals surface area contributed by atoms with Crippen LogP contribution in [0.15, 0.2) is 35.4 Å². The summed E-state index contributed by atoms with van der Waals surface area (Å²) in [6, 6.07) is 8.22. The molecule has 6 nitrogen and oxygen atoms in total. The Morgan fingerprint density at radius 1 is 1.27 bits per heavy atom. The first-order valence-electron chi connectivity index (χ1n) is 8.86. The van der Waals surface area contributed by atoms with Gasteiger partial charge in [-0.05, 0) is 18.9 Å². The molecule has 7 heteroatoms. The summed E-state index contributed by atoms with van der Waals surface area (Å²) in [6.07, 6.45) is 3.48. The summed E-state index contributed by atoms with van der Waals surface area (Å²) in [6.45, 7) is 1.79. The van der Waals surface area contributed by atoms with Crippen LogP contribution in [0.4, 0.5) is 4.79 Å². The average molecular weight is 373 g/mol. The van der Waals surface area contributed by atoms with Gasteiger partial charge in [0.1, 0.15) is 5.60 Å². The lowest BCUT2D eigenvalue weighted by Gasteiger charge is -2.38. The summed E-state index contributed by atoms with van der Waals surface area (Å²) in [5.74, 6) is 0.501. The number of aromatic nitrogens is 1. The Bertz CT molecular complexity index is 865. The smallest absolute Gasteiger partial charge is 0.410 e. The van der Waals surface area contributed by atoms with Crippen LogP contribution >= 0.6 is 11.8 Å². The summed E-state index contributed by atoms with van der Waals surface area (Å²) < 4.78 is 7.68. The number of likely N-dealkylation sites (N-methyl/N-ethyl adjacent to an activating group) is 1. The van der Waals surface area contributed by atoms with Crippen LogP contribution in [0.3, 0.4) is 0 Å². The van der Waals surface area contributed by atoms with Gasteiger partial charge in [0, 0.05) is 42.6 Å². The van der Waals surface area contributed by atoms with Gasteiger partial charge in [-0.25, -0.2) is 4.79 Å². The van der Waals surface area contributed by atoms with Gasteiger partial charge in [-0.2, -0.15) is 0 Å². The van der Waals surface area contributed by atoms with Crippen LogP contribution in [0.5, 0.6) is 0 Å². The van der Waals surface area contributed by atoms with Crippen LogP contribution < -0.4 is 0 Å². The third-order valence-electron chi connectivity index (χ3n) is 5.24. The van der Waals surface area contributed by atoms with Crippen LogP contribution in [-0.4, -0.2) is 64.4 Å². The highest BCUT2D eigenvalue weighted by Gasteiger charge is 2.47. The largest absolute Gasteiger partial charge is 0.439 e. The number of carbonyl (C=O) groups is 2. The number of aryl methyl sites for hydroxylation is 1. The van der Waals surface area contributed by atoms with Crippen molar-refractivity contribution in [2.75, 3.05) is 32.4 Å². The van der Waals surface area contributed by atoms with Gasteiger partial charge in [-0.1, -0.05) is 18.2 Å². The Labute approximate surface area is 157 Å².